The van der Waals surface area contributed by atoms with E-state index in [4.69, 9.17) is 0 Å². The van der Waals surface area contributed by atoms with Crippen LogP contribution in [-0.2, 0) is 22.7 Å². The zero-order valence-corrected chi connectivity index (χ0v) is 18.1. The van der Waals surface area contributed by atoms with Crippen LogP contribution < -0.4 is 5.32 Å². The van der Waals surface area contributed by atoms with Crippen molar-refractivity contribution in [2.45, 2.75) is 52.7 Å². The van der Waals surface area contributed by atoms with E-state index in [0.29, 0.717) is 30.8 Å². The first-order valence-corrected chi connectivity index (χ1v) is 10.5. The molecular weight excluding hydrogens is 410 g/mol. The number of hydrogen-bond acceptors (Lipinski definition) is 6. The Morgan fingerprint density at radius 1 is 1.16 bits per heavy atom. The minimum absolute atomic E-state index is 0.213. The van der Waals surface area contributed by atoms with E-state index >= 15 is 0 Å². The van der Waals surface area contributed by atoms with Crippen LogP contribution in [0.4, 0.5) is 0 Å². The van der Waals surface area contributed by atoms with Crippen LogP contribution in [0.1, 0.15) is 51.4 Å². The Hall–Kier alpha value is -3.82. The van der Waals surface area contributed by atoms with E-state index in [1.807, 2.05) is 43.8 Å². The summed E-state index contributed by atoms with van der Waals surface area (Å²) in [6.45, 7) is 6.91. The first kappa shape index (κ1) is 20.1. The lowest BCUT2D eigenvalue weighted by molar-refractivity contribution is -0.136. The zero-order chi connectivity index (χ0) is 22.6. The summed E-state index contributed by atoms with van der Waals surface area (Å²) in [5, 5.41) is 15.3. The molecule has 2 aliphatic heterocycles. The van der Waals surface area contributed by atoms with Gasteiger partial charge < -0.3 is 4.90 Å². The number of aromatic nitrogens is 5. The largest absolute Gasteiger partial charge is 0.322 e. The van der Waals surface area contributed by atoms with Crippen molar-refractivity contribution in [3.63, 3.8) is 0 Å². The Labute approximate surface area is 184 Å². The molecule has 0 radical (unpaired) electrons. The van der Waals surface area contributed by atoms with Crippen molar-refractivity contribution >= 4 is 17.7 Å². The van der Waals surface area contributed by atoms with Crippen LogP contribution in [0.3, 0.4) is 0 Å². The fourth-order valence-corrected chi connectivity index (χ4v) is 4.28. The van der Waals surface area contributed by atoms with Gasteiger partial charge in [-0.25, -0.2) is 4.68 Å². The number of imide groups is 1. The molecule has 2 aromatic heterocycles. The van der Waals surface area contributed by atoms with Gasteiger partial charge in [-0.2, -0.15) is 5.10 Å². The van der Waals surface area contributed by atoms with E-state index in [1.54, 1.807) is 10.7 Å². The van der Waals surface area contributed by atoms with Gasteiger partial charge in [-0.15, -0.1) is 5.10 Å². The highest BCUT2D eigenvalue weighted by atomic mass is 16.2. The maximum Gasteiger partial charge on any atom is 0.255 e. The highest BCUT2D eigenvalue weighted by molar-refractivity contribution is 6.05. The van der Waals surface area contributed by atoms with Gasteiger partial charge in [0.1, 0.15) is 11.7 Å². The fourth-order valence-electron chi connectivity index (χ4n) is 4.28. The molecule has 0 aliphatic carbocycles. The standard InChI is InChI=1S/C22H23N7O3/c1-12-13(2)25-28(14(12)3)10-16-11-29(26-24-16)17-5-4-15-9-27(22(32)18(15)8-17)19-6-7-20(30)23-21(19)31/h4-5,8,11,19H,6-7,9-10H2,1-3H3,(H,23,30,31). The molecule has 5 rings (SSSR count). The number of benzene rings is 1. The van der Waals surface area contributed by atoms with Gasteiger partial charge in [-0.3, -0.25) is 24.4 Å². The zero-order valence-electron chi connectivity index (χ0n) is 18.1. The molecule has 10 heteroatoms. The minimum Gasteiger partial charge on any atom is -0.322 e. The molecule has 1 unspecified atom stereocenters. The van der Waals surface area contributed by atoms with Crippen LogP contribution in [0.25, 0.3) is 5.69 Å². The van der Waals surface area contributed by atoms with Gasteiger partial charge in [0.25, 0.3) is 5.91 Å². The summed E-state index contributed by atoms with van der Waals surface area (Å²) in [6, 6.07) is 4.90. The van der Waals surface area contributed by atoms with Crippen LogP contribution in [0, 0.1) is 20.8 Å². The number of fused-ring (bicyclic) bond motifs is 1. The maximum atomic E-state index is 13.0. The molecule has 10 nitrogen and oxygen atoms in total. The second kappa shape index (κ2) is 7.40. The van der Waals surface area contributed by atoms with E-state index in [2.05, 4.69) is 20.7 Å². The van der Waals surface area contributed by atoms with Gasteiger partial charge in [-0.05, 0) is 50.5 Å². The molecule has 1 N–H and O–H groups in total. The summed E-state index contributed by atoms with van der Waals surface area (Å²) >= 11 is 0. The second-order valence-corrected chi connectivity index (χ2v) is 8.35. The molecule has 1 saturated heterocycles. The maximum absolute atomic E-state index is 13.0. The molecule has 2 aliphatic rings. The average molecular weight is 433 g/mol. The Morgan fingerprint density at radius 3 is 2.69 bits per heavy atom. The Morgan fingerprint density at radius 2 is 1.97 bits per heavy atom. The van der Waals surface area contributed by atoms with Gasteiger partial charge in [0.15, 0.2) is 0 Å². The molecule has 4 heterocycles. The number of nitrogens with zero attached hydrogens (tertiary/aromatic N) is 6. The molecule has 1 fully saturated rings. The number of hydrogen-bond donors (Lipinski definition) is 1. The normalized spacial score (nSPS) is 18.3. The van der Waals surface area contributed by atoms with Crippen LogP contribution in [0.5, 0.6) is 0 Å². The number of amides is 3. The van der Waals surface area contributed by atoms with Crippen LogP contribution in [-0.4, -0.2) is 53.4 Å². The fraction of sp³-hybridized carbons (Fsp3) is 0.364. The van der Waals surface area contributed by atoms with Gasteiger partial charge in [0.05, 0.1) is 24.1 Å². The van der Waals surface area contributed by atoms with E-state index < -0.39 is 11.9 Å². The lowest BCUT2D eigenvalue weighted by Gasteiger charge is -2.29. The number of nitrogens with one attached hydrogen (secondary N) is 1. The van der Waals surface area contributed by atoms with Crippen molar-refractivity contribution in [2.24, 2.45) is 0 Å². The highest BCUT2D eigenvalue weighted by Crippen LogP contribution is 2.29. The molecule has 3 amide bonds. The molecule has 1 aromatic carbocycles. The molecule has 1 atom stereocenters. The molecule has 0 bridgehead atoms. The summed E-state index contributed by atoms with van der Waals surface area (Å²) in [6.07, 6.45) is 2.40. The van der Waals surface area contributed by atoms with Crippen molar-refractivity contribution in [1.29, 1.82) is 0 Å². The highest BCUT2D eigenvalue weighted by Gasteiger charge is 2.39. The SMILES string of the molecule is Cc1nn(Cc2cn(-c3ccc4c(c3)C(=O)N(C3CCC(=O)NC3=O)C4)nn2)c(C)c1C. The monoisotopic (exact) mass is 433 g/mol. The summed E-state index contributed by atoms with van der Waals surface area (Å²) in [5.74, 6) is -0.923. The first-order valence-electron chi connectivity index (χ1n) is 10.5. The van der Waals surface area contributed by atoms with Crippen LogP contribution >= 0.6 is 0 Å². The van der Waals surface area contributed by atoms with Gasteiger partial charge in [0, 0.05) is 24.2 Å². The number of piperidine rings is 1. The van der Waals surface area contributed by atoms with E-state index in [9.17, 15) is 14.4 Å². The number of rotatable bonds is 4. The predicted octanol–water partition coefficient (Wildman–Crippen LogP) is 1.20. The molecule has 0 saturated carbocycles. The van der Waals surface area contributed by atoms with Gasteiger partial charge in [-0.1, -0.05) is 11.3 Å². The number of carbonyl (C=O) groups is 3. The van der Waals surface area contributed by atoms with Crippen molar-refractivity contribution in [2.75, 3.05) is 0 Å². The van der Waals surface area contributed by atoms with Gasteiger partial charge >= 0.3 is 0 Å². The summed E-state index contributed by atoms with van der Waals surface area (Å²) in [5.41, 5.74) is 6.11. The summed E-state index contributed by atoms with van der Waals surface area (Å²) in [7, 11) is 0. The summed E-state index contributed by atoms with van der Waals surface area (Å²) < 4.78 is 3.54. The predicted molar refractivity (Wildman–Crippen MR) is 113 cm³/mol. The Bertz CT molecular complexity index is 1270. The third-order valence-corrected chi connectivity index (χ3v) is 6.37. The Balaban J connectivity index is 1.36. The molecule has 0 spiro atoms. The number of aryl methyl sites for hydroxylation is 1. The van der Waals surface area contributed by atoms with Gasteiger partial charge in [0.2, 0.25) is 11.8 Å². The molecule has 164 valence electrons. The second-order valence-electron chi connectivity index (χ2n) is 8.35. The Kier molecular flexibility index (Phi) is 4.65. The van der Waals surface area contributed by atoms with Crippen molar-refractivity contribution in [1.82, 2.24) is 35.0 Å². The van der Waals surface area contributed by atoms with Crippen molar-refractivity contribution in [3.8, 4) is 5.69 Å². The molecule has 3 aromatic rings. The van der Waals surface area contributed by atoms with Crippen LogP contribution in [0.15, 0.2) is 24.4 Å². The third-order valence-electron chi connectivity index (χ3n) is 6.37. The minimum atomic E-state index is -0.627. The topological polar surface area (TPSA) is 115 Å². The van der Waals surface area contributed by atoms with Crippen molar-refractivity contribution in [3.05, 3.63) is 58.2 Å². The van der Waals surface area contributed by atoms with E-state index in [1.165, 1.54) is 4.90 Å². The molecular formula is C22H23N7O3. The molecule has 32 heavy (non-hydrogen) atoms. The average Bonchev–Trinajstić information content (AvgIpc) is 3.42. The lowest BCUT2D eigenvalue weighted by atomic mass is 10.0. The van der Waals surface area contributed by atoms with E-state index in [0.717, 1.165) is 28.2 Å². The first-order chi connectivity index (χ1) is 15.3. The lowest BCUT2D eigenvalue weighted by Crippen LogP contribution is -2.52. The smallest absolute Gasteiger partial charge is 0.255 e. The van der Waals surface area contributed by atoms with Crippen LogP contribution in [0.2, 0.25) is 0 Å². The summed E-state index contributed by atoms with van der Waals surface area (Å²) in [4.78, 5) is 38.2. The van der Waals surface area contributed by atoms with E-state index in [-0.39, 0.29) is 18.2 Å². The van der Waals surface area contributed by atoms with Crippen molar-refractivity contribution < 1.29 is 14.4 Å². The number of carbonyl (C=O) groups excluding carboxylic acids is 3. The quantitative estimate of drug-likeness (QED) is 0.618. The third kappa shape index (κ3) is 3.28.